The zero-order valence-electron chi connectivity index (χ0n) is 33.7. The molecule has 1 saturated heterocycles. The molecule has 0 bridgehead atoms. The predicted molar refractivity (Wildman–Crippen MR) is 238 cm³/mol. The van der Waals surface area contributed by atoms with Gasteiger partial charge in [-0.05, 0) is 73.2 Å². The Morgan fingerprint density at radius 2 is 0.967 bits per heavy atom. The van der Waals surface area contributed by atoms with Crippen LogP contribution in [0.3, 0.4) is 0 Å². The molecule has 61 heavy (non-hydrogen) atoms. The second-order valence-electron chi connectivity index (χ2n) is 14.6. The summed E-state index contributed by atoms with van der Waals surface area (Å²) in [4.78, 5) is 24.6. The van der Waals surface area contributed by atoms with Crippen molar-refractivity contribution in [2.75, 3.05) is 6.61 Å². The highest BCUT2D eigenvalue weighted by molar-refractivity contribution is 5.88. The van der Waals surface area contributed by atoms with Crippen molar-refractivity contribution in [1.82, 2.24) is 0 Å². The summed E-state index contributed by atoms with van der Waals surface area (Å²) >= 11 is 0. The zero-order chi connectivity index (χ0) is 41.4. The van der Waals surface area contributed by atoms with Crippen LogP contribution in [0.15, 0.2) is 176 Å². The van der Waals surface area contributed by atoms with Crippen molar-refractivity contribution in [2.45, 2.75) is 51.6 Å². The molecule has 0 amide bonds. The molecule has 1 N–H and O–H groups in total. The smallest absolute Gasteiger partial charge is 0.339 e. The fourth-order valence-corrected chi connectivity index (χ4v) is 7.33. The summed E-state index contributed by atoms with van der Waals surface area (Å²) in [5.74, 6) is 1.62. The van der Waals surface area contributed by atoms with Crippen molar-refractivity contribution >= 4 is 34.3 Å². The average molecular weight is 837 g/mol. The summed E-state index contributed by atoms with van der Waals surface area (Å²) in [5, 5.41) is 11.3. The molecule has 1 fully saturated rings. The first kappa shape index (κ1) is 42.3. The average Bonchev–Trinajstić information content (AvgIpc) is 3.29. The van der Waals surface area contributed by atoms with E-state index in [2.05, 4.69) is 0 Å². The van der Waals surface area contributed by atoms with Crippen LogP contribution in [-0.2, 0) is 4.74 Å². The third kappa shape index (κ3) is 9.81. The molecule has 0 radical (unpaired) electrons. The van der Waals surface area contributed by atoms with Crippen LogP contribution in [0.4, 0.5) is 0 Å². The number of phenols is 1. The van der Waals surface area contributed by atoms with Gasteiger partial charge < -0.3 is 32.9 Å². The number of aryl methyl sites for hydroxylation is 2. The van der Waals surface area contributed by atoms with Gasteiger partial charge in [-0.1, -0.05) is 121 Å². The van der Waals surface area contributed by atoms with Crippen LogP contribution in [0.5, 0.6) is 23.0 Å². The minimum atomic E-state index is -0.522. The van der Waals surface area contributed by atoms with E-state index in [1.165, 1.54) is 12.1 Å². The van der Waals surface area contributed by atoms with Crippen molar-refractivity contribution in [3.8, 4) is 23.0 Å². The summed E-state index contributed by atoms with van der Waals surface area (Å²) in [6.07, 6.45) is 1.94. The quantitative estimate of drug-likeness (QED) is 0.134. The van der Waals surface area contributed by atoms with Crippen LogP contribution in [0.2, 0.25) is 0 Å². The molecule has 8 aromatic rings. The number of halogens is 1. The highest BCUT2D eigenvalue weighted by atomic mass is 35.5. The summed E-state index contributed by atoms with van der Waals surface area (Å²) in [6, 6.07) is 49.4. The largest absolute Gasteiger partial charge is 0.508 e. The number of benzene rings is 6. The van der Waals surface area contributed by atoms with Gasteiger partial charge in [0.25, 0.3) is 0 Å². The van der Waals surface area contributed by atoms with E-state index < -0.39 is 11.3 Å². The minimum Gasteiger partial charge on any atom is -0.508 e. The summed E-state index contributed by atoms with van der Waals surface area (Å²) < 4.78 is 35.5. The van der Waals surface area contributed by atoms with E-state index in [1.807, 2.05) is 140 Å². The Bertz CT molecular complexity index is 2720. The van der Waals surface area contributed by atoms with Gasteiger partial charge >= 0.3 is 11.3 Å². The van der Waals surface area contributed by atoms with E-state index in [0.29, 0.717) is 46.0 Å². The van der Waals surface area contributed by atoms with Crippen molar-refractivity contribution in [1.29, 1.82) is 0 Å². The SMILES string of the molecule is Cc1c(O)ccc2c(OC(c3ccccc3)c3ccccc3)cc(=O)oc12.Cc1c(OC2CCCCO2)ccc2c(OC(c3ccccc3)c3ccccc3)cc(=O)oc12.Cl. The number of ether oxygens (including phenoxy) is 4. The second-order valence-corrected chi connectivity index (χ2v) is 14.6. The van der Waals surface area contributed by atoms with E-state index in [1.54, 1.807) is 19.1 Å². The molecule has 1 atom stereocenters. The Balaban J connectivity index is 0.000000185. The maximum Gasteiger partial charge on any atom is 0.339 e. The van der Waals surface area contributed by atoms with Crippen LogP contribution in [-0.4, -0.2) is 18.0 Å². The predicted octanol–water partition coefficient (Wildman–Crippen LogP) is 11.6. The van der Waals surface area contributed by atoms with Crippen molar-refractivity contribution < 1.29 is 32.9 Å². The first-order chi connectivity index (χ1) is 29.3. The molecule has 1 aliphatic heterocycles. The van der Waals surface area contributed by atoms with Crippen molar-refractivity contribution in [2.24, 2.45) is 0 Å². The topological polar surface area (TPSA) is 118 Å². The Hall–Kier alpha value is -6.81. The molecule has 1 unspecified atom stereocenters. The summed E-state index contributed by atoms with van der Waals surface area (Å²) in [5.41, 5.74) is 5.00. The van der Waals surface area contributed by atoms with E-state index >= 15 is 0 Å². The number of aromatic hydroxyl groups is 1. The first-order valence-corrected chi connectivity index (χ1v) is 20.0. The van der Waals surface area contributed by atoms with E-state index in [-0.39, 0.29) is 36.7 Å². The lowest BCUT2D eigenvalue weighted by Gasteiger charge is -2.24. The summed E-state index contributed by atoms with van der Waals surface area (Å²) in [7, 11) is 0. The Morgan fingerprint density at radius 1 is 0.541 bits per heavy atom. The number of fused-ring (bicyclic) bond motifs is 2. The Morgan fingerprint density at radius 3 is 1.39 bits per heavy atom. The molecule has 2 aromatic heterocycles. The fraction of sp³-hybridized carbons (Fsp3) is 0.176. The Labute approximate surface area is 359 Å². The molecule has 310 valence electrons. The van der Waals surface area contributed by atoms with Crippen LogP contribution in [0.25, 0.3) is 21.9 Å². The van der Waals surface area contributed by atoms with Crippen LogP contribution in [0, 0.1) is 13.8 Å². The number of phenolic OH excluding ortho intramolecular Hbond substituents is 1. The third-order valence-electron chi connectivity index (χ3n) is 10.5. The van der Waals surface area contributed by atoms with Crippen molar-refractivity contribution in [3.63, 3.8) is 0 Å². The lowest BCUT2D eigenvalue weighted by Crippen LogP contribution is -2.25. The highest BCUT2D eigenvalue weighted by Gasteiger charge is 2.23. The van der Waals surface area contributed by atoms with Gasteiger partial charge in [-0.15, -0.1) is 12.4 Å². The normalized spacial score (nSPS) is 13.6. The first-order valence-electron chi connectivity index (χ1n) is 20.0. The molecule has 3 heterocycles. The molecule has 9 nitrogen and oxygen atoms in total. The van der Waals surface area contributed by atoms with Gasteiger partial charge in [0.1, 0.15) is 46.4 Å². The van der Waals surface area contributed by atoms with Crippen LogP contribution >= 0.6 is 12.4 Å². The molecule has 1 aliphatic rings. The van der Waals surface area contributed by atoms with Crippen molar-refractivity contribution in [3.05, 3.63) is 212 Å². The monoisotopic (exact) mass is 836 g/mol. The highest BCUT2D eigenvalue weighted by Crippen LogP contribution is 2.38. The number of hydrogen-bond acceptors (Lipinski definition) is 9. The van der Waals surface area contributed by atoms with Gasteiger partial charge in [0.05, 0.1) is 29.5 Å². The fourth-order valence-electron chi connectivity index (χ4n) is 7.33. The maximum atomic E-state index is 12.5. The standard InChI is InChI=1S/C28H26O5.C23H18O4.ClH/c1-19-23(31-26-14-8-9-17-30-26)16-15-22-24(18-25(29)33-27(19)22)32-28(20-10-4-2-5-11-20)21-12-6-3-7-13-21;1-15-19(24)13-12-18-20(14-21(25)27-22(15)18)26-23(16-8-4-2-5-9-16)17-10-6-3-7-11-17;/h2-7,10-13,15-16,18,26,28H,8-9,14,17H2,1H3;2-14,23-24H,1H3;1H. The zero-order valence-corrected chi connectivity index (χ0v) is 34.5. The molecular formula is C51H45ClO9. The van der Waals surface area contributed by atoms with Gasteiger partial charge in [0.2, 0.25) is 0 Å². The van der Waals surface area contributed by atoms with E-state index in [0.717, 1.165) is 52.5 Å². The van der Waals surface area contributed by atoms with Gasteiger partial charge in [0.15, 0.2) is 6.29 Å². The molecule has 0 aliphatic carbocycles. The van der Waals surface area contributed by atoms with E-state index in [4.69, 9.17) is 27.8 Å². The van der Waals surface area contributed by atoms with Gasteiger partial charge in [-0.2, -0.15) is 0 Å². The second kappa shape index (κ2) is 19.5. The minimum absolute atomic E-state index is 0. The molecule has 0 saturated carbocycles. The lowest BCUT2D eigenvalue weighted by atomic mass is 10.0. The lowest BCUT2D eigenvalue weighted by molar-refractivity contribution is -0.106. The number of hydrogen-bond donors (Lipinski definition) is 1. The third-order valence-corrected chi connectivity index (χ3v) is 10.5. The van der Waals surface area contributed by atoms with Crippen LogP contribution < -0.4 is 25.5 Å². The van der Waals surface area contributed by atoms with Crippen LogP contribution in [0.1, 0.15) is 64.9 Å². The van der Waals surface area contributed by atoms with Gasteiger partial charge in [0, 0.05) is 17.5 Å². The molecule has 6 aromatic carbocycles. The number of rotatable bonds is 10. The van der Waals surface area contributed by atoms with E-state index in [9.17, 15) is 14.7 Å². The van der Waals surface area contributed by atoms with Gasteiger partial charge in [-0.3, -0.25) is 0 Å². The van der Waals surface area contributed by atoms with Gasteiger partial charge in [-0.25, -0.2) is 9.59 Å². The Kier molecular flexibility index (Phi) is 13.5. The molecule has 9 rings (SSSR count). The molecule has 0 spiro atoms. The summed E-state index contributed by atoms with van der Waals surface area (Å²) in [6.45, 7) is 4.29. The molecule has 10 heteroatoms. The molecular weight excluding hydrogens is 792 g/mol. The maximum absolute atomic E-state index is 12.5.